The van der Waals surface area contributed by atoms with Crippen LogP contribution in [0, 0.1) is 0 Å². The molecule has 1 aliphatic heterocycles. The number of hydrogen-bond donors (Lipinski definition) is 0. The number of aromatic nitrogens is 2. The highest BCUT2D eigenvalue weighted by Crippen LogP contribution is 2.33. The summed E-state index contributed by atoms with van der Waals surface area (Å²) in [6, 6.07) is 4.51. The maximum atomic E-state index is 13.9. The largest absolute Gasteiger partial charge is 0.461 e. The molecule has 1 aliphatic rings. The second-order valence-corrected chi connectivity index (χ2v) is 8.12. The number of rotatable bonds is 3. The van der Waals surface area contributed by atoms with E-state index in [1.165, 1.54) is 23.2 Å². The molecule has 1 amide bonds. The second kappa shape index (κ2) is 8.43. The fourth-order valence-electron chi connectivity index (χ4n) is 2.93. The van der Waals surface area contributed by atoms with Gasteiger partial charge >= 0.3 is 12.3 Å². The van der Waals surface area contributed by atoms with Crippen molar-refractivity contribution in [2.75, 3.05) is 19.7 Å². The number of amides is 1. The number of alkyl halides is 3. The van der Waals surface area contributed by atoms with Crippen LogP contribution in [0.25, 0.3) is 10.9 Å². The van der Waals surface area contributed by atoms with E-state index in [9.17, 15) is 18.0 Å². The molecule has 1 saturated heterocycles. The Morgan fingerprint density at radius 2 is 2.10 bits per heavy atom. The summed E-state index contributed by atoms with van der Waals surface area (Å²) in [4.78, 5) is 21.4. The first-order chi connectivity index (χ1) is 13.9. The number of morpholine rings is 1. The summed E-state index contributed by atoms with van der Waals surface area (Å²) < 4.78 is 57.5. The smallest absolute Gasteiger partial charge is 0.428 e. The van der Waals surface area contributed by atoms with Gasteiger partial charge in [0.25, 0.3) is 0 Å². The quantitative estimate of drug-likeness (QED) is 0.656. The molecule has 11 heteroatoms. The molecule has 3 rings (SSSR count). The lowest BCUT2D eigenvalue weighted by Crippen LogP contribution is -2.56. The van der Waals surface area contributed by atoms with Gasteiger partial charge in [-0.3, -0.25) is 4.98 Å². The number of fused-ring (bicyclic) bond motifs is 1. The predicted molar refractivity (Wildman–Crippen MR) is 103 cm³/mol. The Kier molecular flexibility index (Phi) is 6.28. The number of carbonyl (C=O) groups excluding carboxylic acids is 1. The average Bonchev–Trinajstić information content (AvgIpc) is 2.63. The van der Waals surface area contributed by atoms with E-state index >= 15 is 0 Å². The Morgan fingerprint density at radius 3 is 2.77 bits per heavy atom. The summed E-state index contributed by atoms with van der Waals surface area (Å²) in [6.45, 7) is 4.69. The number of hydrogen-bond acceptors (Lipinski definition) is 6. The molecule has 0 saturated carbocycles. The molecule has 1 fully saturated rings. The van der Waals surface area contributed by atoms with E-state index in [4.69, 9.17) is 25.8 Å². The molecule has 0 bridgehead atoms. The van der Waals surface area contributed by atoms with Gasteiger partial charge in [0.1, 0.15) is 16.9 Å². The molecule has 164 valence electrons. The lowest BCUT2D eigenvalue weighted by Gasteiger charge is -2.37. The Morgan fingerprint density at radius 1 is 1.37 bits per heavy atom. The van der Waals surface area contributed by atoms with Crippen molar-refractivity contribution in [3.05, 3.63) is 29.5 Å². The average molecular weight is 448 g/mol. The zero-order valence-electron chi connectivity index (χ0n) is 16.6. The van der Waals surface area contributed by atoms with Crippen LogP contribution < -0.4 is 4.74 Å². The molecule has 2 aromatic heterocycles. The molecule has 2 atom stereocenters. The third-order valence-electron chi connectivity index (χ3n) is 4.18. The first kappa shape index (κ1) is 22.4. The van der Waals surface area contributed by atoms with E-state index in [-0.39, 0.29) is 36.1 Å². The normalized spacial score (nSPS) is 18.9. The van der Waals surface area contributed by atoms with Gasteiger partial charge in [-0.05, 0) is 32.9 Å². The van der Waals surface area contributed by atoms with E-state index in [2.05, 4.69) is 9.97 Å². The van der Waals surface area contributed by atoms with Crippen LogP contribution in [0.15, 0.2) is 24.4 Å². The molecular weight excluding hydrogens is 427 g/mol. The Labute approximate surface area is 176 Å². The Hall–Kier alpha value is -2.33. The summed E-state index contributed by atoms with van der Waals surface area (Å²) in [6.07, 6.45) is -7.88. The van der Waals surface area contributed by atoms with Gasteiger partial charge in [0.2, 0.25) is 12.0 Å². The minimum Gasteiger partial charge on any atom is -0.461 e. The van der Waals surface area contributed by atoms with Crippen molar-refractivity contribution >= 4 is 28.6 Å². The SMILES string of the molecule is CC(C)(C)OC(=O)N1CCO[C@H]([C@@H](Oc2nc(Cl)cc3ncccc23)C(F)(F)F)C1. The molecular formula is C19H21ClF3N3O4. The van der Waals surface area contributed by atoms with E-state index in [0.717, 1.165) is 0 Å². The van der Waals surface area contributed by atoms with Crippen LogP contribution in [0.5, 0.6) is 5.88 Å². The van der Waals surface area contributed by atoms with Crippen LogP contribution in [0.2, 0.25) is 5.15 Å². The van der Waals surface area contributed by atoms with Crippen molar-refractivity contribution < 1.29 is 32.2 Å². The summed E-state index contributed by atoms with van der Waals surface area (Å²) in [5.41, 5.74) is -0.435. The molecule has 30 heavy (non-hydrogen) atoms. The standard InChI is InChI=1S/C19H21ClF3N3O4/c1-18(2,3)30-17(27)26-7-8-28-13(10-26)15(19(21,22)23)29-16-11-5-4-6-24-12(11)9-14(20)25-16/h4-6,9,13,15H,7-8,10H2,1-3H3/t13-,15+/m0/s1. The fraction of sp³-hybridized carbons (Fsp3) is 0.526. The zero-order valence-corrected chi connectivity index (χ0v) is 17.3. The zero-order chi connectivity index (χ0) is 22.1. The van der Waals surface area contributed by atoms with Crippen LogP contribution in [0.3, 0.4) is 0 Å². The minimum atomic E-state index is -4.79. The maximum Gasteiger partial charge on any atom is 0.428 e. The first-order valence-corrected chi connectivity index (χ1v) is 9.56. The van der Waals surface area contributed by atoms with Crippen LogP contribution >= 0.6 is 11.6 Å². The molecule has 0 aromatic carbocycles. The molecule has 0 N–H and O–H groups in total. The Balaban J connectivity index is 1.86. The summed E-state index contributed by atoms with van der Waals surface area (Å²) in [5.74, 6) is -0.314. The van der Waals surface area contributed by atoms with Gasteiger partial charge in [-0.2, -0.15) is 13.2 Å². The van der Waals surface area contributed by atoms with Gasteiger partial charge < -0.3 is 19.1 Å². The van der Waals surface area contributed by atoms with Gasteiger partial charge in [0, 0.05) is 18.8 Å². The van der Waals surface area contributed by atoms with Crippen molar-refractivity contribution in [2.24, 2.45) is 0 Å². The third-order valence-corrected chi connectivity index (χ3v) is 4.37. The lowest BCUT2D eigenvalue weighted by molar-refractivity contribution is -0.235. The fourth-order valence-corrected chi connectivity index (χ4v) is 3.11. The van der Waals surface area contributed by atoms with Crippen LogP contribution in [0.4, 0.5) is 18.0 Å². The summed E-state index contributed by atoms with van der Waals surface area (Å²) in [5, 5.41) is 0.216. The van der Waals surface area contributed by atoms with Crippen LogP contribution in [0.1, 0.15) is 20.8 Å². The number of nitrogens with zero attached hydrogens (tertiary/aromatic N) is 3. The molecule has 0 aliphatic carbocycles. The predicted octanol–water partition coefficient (Wildman–Crippen LogP) is 4.23. The van der Waals surface area contributed by atoms with Gasteiger partial charge in [-0.15, -0.1) is 0 Å². The van der Waals surface area contributed by atoms with E-state index in [1.54, 1.807) is 26.8 Å². The highest BCUT2D eigenvalue weighted by molar-refractivity contribution is 6.30. The van der Waals surface area contributed by atoms with Gasteiger partial charge in [0.15, 0.2) is 0 Å². The molecule has 0 unspecified atom stereocenters. The Bertz CT molecular complexity index is 920. The van der Waals surface area contributed by atoms with Crippen LogP contribution in [-0.2, 0) is 9.47 Å². The number of ether oxygens (including phenoxy) is 3. The van der Waals surface area contributed by atoms with Gasteiger partial charge in [-0.1, -0.05) is 11.6 Å². The van der Waals surface area contributed by atoms with Crippen molar-refractivity contribution in [2.45, 2.75) is 44.8 Å². The minimum absolute atomic E-state index is 0.0583. The number of carbonyl (C=O) groups is 1. The second-order valence-electron chi connectivity index (χ2n) is 7.74. The first-order valence-electron chi connectivity index (χ1n) is 9.18. The molecule has 2 aromatic rings. The summed E-state index contributed by atoms with van der Waals surface area (Å²) in [7, 11) is 0. The van der Waals surface area contributed by atoms with Crippen molar-refractivity contribution in [1.29, 1.82) is 0 Å². The highest BCUT2D eigenvalue weighted by atomic mass is 35.5. The maximum absolute atomic E-state index is 13.9. The molecule has 3 heterocycles. The van der Waals surface area contributed by atoms with E-state index in [1.807, 2.05) is 0 Å². The topological polar surface area (TPSA) is 73.8 Å². The third kappa shape index (κ3) is 5.42. The molecule has 0 radical (unpaired) electrons. The van der Waals surface area contributed by atoms with Crippen molar-refractivity contribution in [3.63, 3.8) is 0 Å². The van der Waals surface area contributed by atoms with Crippen LogP contribution in [-0.4, -0.2) is 64.6 Å². The number of pyridine rings is 2. The highest BCUT2D eigenvalue weighted by Gasteiger charge is 2.50. The monoisotopic (exact) mass is 447 g/mol. The van der Waals surface area contributed by atoms with E-state index in [0.29, 0.717) is 5.52 Å². The summed E-state index contributed by atoms with van der Waals surface area (Å²) >= 11 is 5.92. The molecule has 0 spiro atoms. The van der Waals surface area contributed by atoms with Gasteiger partial charge in [0.05, 0.1) is 24.1 Å². The lowest BCUT2D eigenvalue weighted by atomic mass is 10.1. The number of halogens is 4. The van der Waals surface area contributed by atoms with Crippen molar-refractivity contribution in [3.8, 4) is 5.88 Å². The van der Waals surface area contributed by atoms with Gasteiger partial charge in [-0.25, -0.2) is 9.78 Å². The van der Waals surface area contributed by atoms with E-state index < -0.39 is 30.1 Å². The molecule has 7 nitrogen and oxygen atoms in total. The van der Waals surface area contributed by atoms with Crippen molar-refractivity contribution in [1.82, 2.24) is 14.9 Å².